The lowest BCUT2D eigenvalue weighted by Gasteiger charge is -2.15. The summed E-state index contributed by atoms with van der Waals surface area (Å²) in [5, 5.41) is 11.5. The first-order valence-electron chi connectivity index (χ1n) is 8.54. The molecule has 4 nitrogen and oxygen atoms in total. The molecule has 1 heterocycles. The maximum Gasteiger partial charge on any atom is 0.233 e. The molecule has 0 aliphatic carbocycles. The highest BCUT2D eigenvalue weighted by Gasteiger charge is 2.41. The van der Waals surface area contributed by atoms with E-state index < -0.39 is 6.04 Å². The van der Waals surface area contributed by atoms with Crippen molar-refractivity contribution in [3.63, 3.8) is 0 Å². The second kappa shape index (κ2) is 7.14. The van der Waals surface area contributed by atoms with Gasteiger partial charge in [-0.2, -0.15) is 0 Å². The van der Waals surface area contributed by atoms with E-state index in [0.29, 0.717) is 12.5 Å². The molecular weight excluding hydrogens is 300 g/mol. The van der Waals surface area contributed by atoms with E-state index in [9.17, 15) is 10.1 Å². The zero-order chi connectivity index (χ0) is 17.1. The number of hydrogen-bond acceptors (Lipinski definition) is 3. The van der Waals surface area contributed by atoms with Gasteiger partial charge >= 0.3 is 0 Å². The van der Waals surface area contributed by atoms with Crippen LogP contribution in [0.4, 0.5) is 0 Å². The van der Waals surface area contributed by atoms with Crippen molar-refractivity contribution in [2.45, 2.75) is 38.3 Å². The lowest BCUT2D eigenvalue weighted by atomic mass is 9.92. The van der Waals surface area contributed by atoms with Crippen molar-refractivity contribution >= 4 is 0 Å². The average molecular weight is 324 g/mol. The third-order valence-corrected chi connectivity index (χ3v) is 4.92. The lowest BCUT2D eigenvalue weighted by molar-refractivity contribution is -0.521. The van der Waals surface area contributed by atoms with E-state index in [2.05, 4.69) is 55.1 Å². The van der Waals surface area contributed by atoms with Crippen LogP contribution in [0.25, 0.3) is 0 Å². The molecule has 4 heteroatoms. The third kappa shape index (κ3) is 3.65. The number of likely N-dealkylation sites (tertiary alicyclic amines) is 1. The van der Waals surface area contributed by atoms with Crippen molar-refractivity contribution in [3.8, 4) is 0 Å². The predicted octanol–water partition coefficient (Wildman–Crippen LogP) is 4.05. The molecule has 0 N–H and O–H groups in total. The molecule has 0 saturated carbocycles. The van der Waals surface area contributed by atoms with E-state index in [1.54, 1.807) is 0 Å². The largest absolute Gasteiger partial charge is 0.292 e. The van der Waals surface area contributed by atoms with Crippen LogP contribution in [0.3, 0.4) is 0 Å². The molecule has 1 fully saturated rings. The number of hydrogen-bond donors (Lipinski definition) is 0. The maximum absolute atomic E-state index is 11.5. The molecule has 0 unspecified atom stereocenters. The Morgan fingerprint density at radius 3 is 2.33 bits per heavy atom. The molecule has 24 heavy (non-hydrogen) atoms. The number of rotatable bonds is 5. The van der Waals surface area contributed by atoms with E-state index in [4.69, 9.17) is 0 Å². The van der Waals surface area contributed by atoms with Crippen LogP contribution in [0, 0.1) is 10.1 Å². The smallest absolute Gasteiger partial charge is 0.233 e. The molecule has 126 valence electrons. The normalized spacial score (nSPS) is 21.3. The van der Waals surface area contributed by atoms with Crippen LogP contribution in [0.1, 0.15) is 42.4 Å². The summed E-state index contributed by atoms with van der Waals surface area (Å²) in [6.45, 7) is 6.34. The van der Waals surface area contributed by atoms with E-state index >= 15 is 0 Å². The van der Waals surface area contributed by atoms with Crippen molar-refractivity contribution in [3.05, 3.63) is 81.4 Å². The van der Waals surface area contributed by atoms with E-state index in [1.807, 2.05) is 18.2 Å². The number of benzene rings is 2. The lowest BCUT2D eigenvalue weighted by Crippen LogP contribution is -2.28. The fraction of sp³-hybridized carbons (Fsp3) is 0.400. The second-order valence-electron chi connectivity index (χ2n) is 6.96. The van der Waals surface area contributed by atoms with Gasteiger partial charge in [0.15, 0.2) is 0 Å². The first-order chi connectivity index (χ1) is 11.5. The summed E-state index contributed by atoms with van der Waals surface area (Å²) in [5.41, 5.74) is 3.56. The summed E-state index contributed by atoms with van der Waals surface area (Å²) in [4.78, 5) is 13.6. The first kappa shape index (κ1) is 16.7. The maximum atomic E-state index is 11.5. The highest BCUT2D eigenvalue weighted by atomic mass is 16.6. The monoisotopic (exact) mass is 324 g/mol. The van der Waals surface area contributed by atoms with Crippen LogP contribution in [-0.4, -0.2) is 29.0 Å². The topological polar surface area (TPSA) is 46.4 Å². The molecular formula is C20H24N2O2. The minimum absolute atomic E-state index is 0.0371. The van der Waals surface area contributed by atoms with Crippen molar-refractivity contribution in [1.29, 1.82) is 0 Å². The summed E-state index contributed by atoms with van der Waals surface area (Å²) >= 11 is 0. The number of nitro groups is 1. The zero-order valence-corrected chi connectivity index (χ0v) is 14.3. The molecule has 3 rings (SSSR count). The Hall–Kier alpha value is -2.20. The predicted molar refractivity (Wildman–Crippen MR) is 95.8 cm³/mol. The molecule has 2 aromatic rings. The Balaban J connectivity index is 1.77. The van der Waals surface area contributed by atoms with E-state index in [0.717, 1.165) is 18.7 Å². The van der Waals surface area contributed by atoms with Gasteiger partial charge < -0.3 is 0 Å². The number of nitrogens with zero attached hydrogens (tertiary/aromatic N) is 2. The highest BCUT2D eigenvalue weighted by molar-refractivity contribution is 5.29. The van der Waals surface area contributed by atoms with Crippen molar-refractivity contribution in [2.75, 3.05) is 13.1 Å². The van der Waals surface area contributed by atoms with Crippen LogP contribution in [0.5, 0.6) is 0 Å². The standard InChI is InChI=1S/C20H24N2O2/c1-15(2)17-8-10-18(11-9-17)19-13-21(14-20(19)22(23)24)12-16-6-4-3-5-7-16/h3-11,15,19-20H,12-14H2,1-2H3/t19-,20+/m1/s1. The Morgan fingerprint density at radius 1 is 1.08 bits per heavy atom. The van der Waals surface area contributed by atoms with Crippen LogP contribution in [-0.2, 0) is 6.54 Å². The van der Waals surface area contributed by atoms with Crippen LogP contribution < -0.4 is 0 Å². The molecule has 0 amide bonds. The summed E-state index contributed by atoms with van der Waals surface area (Å²) in [7, 11) is 0. The molecule has 2 aromatic carbocycles. The summed E-state index contributed by atoms with van der Waals surface area (Å²) in [6, 6.07) is 18.0. The summed E-state index contributed by atoms with van der Waals surface area (Å²) in [5.74, 6) is 0.438. The van der Waals surface area contributed by atoms with Gasteiger partial charge in [0.2, 0.25) is 6.04 Å². The molecule has 1 aliphatic heterocycles. The van der Waals surface area contributed by atoms with Gasteiger partial charge in [-0.15, -0.1) is 0 Å². The summed E-state index contributed by atoms with van der Waals surface area (Å²) in [6.07, 6.45) is 0. The Labute approximate surface area is 143 Å². The molecule has 0 bridgehead atoms. The van der Waals surface area contributed by atoms with Crippen molar-refractivity contribution in [2.24, 2.45) is 0 Å². The highest BCUT2D eigenvalue weighted by Crippen LogP contribution is 2.31. The van der Waals surface area contributed by atoms with E-state index in [-0.39, 0.29) is 10.8 Å². The zero-order valence-electron chi connectivity index (χ0n) is 14.3. The average Bonchev–Trinajstić information content (AvgIpc) is 3.00. The molecule has 2 atom stereocenters. The molecule has 1 saturated heterocycles. The molecule has 0 radical (unpaired) electrons. The van der Waals surface area contributed by atoms with Gasteiger partial charge in [-0.3, -0.25) is 15.0 Å². The van der Waals surface area contributed by atoms with Crippen molar-refractivity contribution < 1.29 is 4.92 Å². The minimum Gasteiger partial charge on any atom is -0.292 e. The Kier molecular flexibility index (Phi) is 4.95. The Bertz CT molecular complexity index is 683. The van der Waals surface area contributed by atoms with Crippen LogP contribution in [0.15, 0.2) is 54.6 Å². The fourth-order valence-corrected chi connectivity index (χ4v) is 3.51. The fourth-order valence-electron chi connectivity index (χ4n) is 3.51. The molecule has 0 spiro atoms. The van der Waals surface area contributed by atoms with Gasteiger partial charge in [-0.05, 0) is 22.6 Å². The molecule has 0 aromatic heterocycles. The van der Waals surface area contributed by atoms with Gasteiger partial charge in [0.05, 0.1) is 12.5 Å². The van der Waals surface area contributed by atoms with Gasteiger partial charge in [0, 0.05) is 18.0 Å². The minimum atomic E-state index is -0.529. The third-order valence-electron chi connectivity index (χ3n) is 4.92. The van der Waals surface area contributed by atoms with Gasteiger partial charge in [0.25, 0.3) is 0 Å². The van der Waals surface area contributed by atoms with Crippen molar-refractivity contribution in [1.82, 2.24) is 4.90 Å². The van der Waals surface area contributed by atoms with E-state index in [1.165, 1.54) is 11.1 Å². The van der Waals surface area contributed by atoms with Crippen LogP contribution >= 0.6 is 0 Å². The molecule has 1 aliphatic rings. The van der Waals surface area contributed by atoms with Gasteiger partial charge in [0.1, 0.15) is 0 Å². The quantitative estimate of drug-likeness (QED) is 0.615. The second-order valence-corrected chi connectivity index (χ2v) is 6.96. The van der Waals surface area contributed by atoms with Gasteiger partial charge in [-0.25, -0.2) is 0 Å². The first-order valence-corrected chi connectivity index (χ1v) is 8.54. The van der Waals surface area contributed by atoms with Crippen LogP contribution in [0.2, 0.25) is 0 Å². The van der Waals surface area contributed by atoms with Gasteiger partial charge in [-0.1, -0.05) is 68.4 Å². The summed E-state index contributed by atoms with van der Waals surface area (Å²) < 4.78 is 0. The SMILES string of the molecule is CC(C)c1ccc([C@H]2CN(Cc3ccccc3)C[C@@H]2[N+](=O)[O-])cc1. The Morgan fingerprint density at radius 2 is 1.75 bits per heavy atom.